The predicted octanol–water partition coefficient (Wildman–Crippen LogP) is 2.62. The summed E-state index contributed by atoms with van der Waals surface area (Å²) in [5.74, 6) is -0.121. The van der Waals surface area contributed by atoms with Crippen molar-refractivity contribution in [2.45, 2.75) is 25.1 Å². The van der Waals surface area contributed by atoms with Gasteiger partial charge >= 0.3 is 6.18 Å². The number of anilines is 2. The summed E-state index contributed by atoms with van der Waals surface area (Å²) in [6.45, 7) is 1.02. The lowest BCUT2D eigenvalue weighted by Crippen LogP contribution is -2.38. The quantitative estimate of drug-likeness (QED) is 0.819. The van der Waals surface area contributed by atoms with E-state index in [0.29, 0.717) is 30.9 Å². The SMILES string of the molecule is Nc1ccc(CC(=O)NC2CCN(c3cncc(C(F)(F)F)c3)C2)cc1. The van der Waals surface area contributed by atoms with Crippen LogP contribution in [0.15, 0.2) is 42.7 Å². The van der Waals surface area contributed by atoms with E-state index in [1.165, 1.54) is 6.20 Å². The van der Waals surface area contributed by atoms with Crippen LogP contribution in [-0.2, 0) is 17.4 Å². The van der Waals surface area contributed by atoms with Crippen molar-refractivity contribution in [3.63, 3.8) is 0 Å². The molecule has 5 nitrogen and oxygen atoms in total. The van der Waals surface area contributed by atoms with E-state index >= 15 is 0 Å². The molecule has 138 valence electrons. The molecule has 1 aromatic heterocycles. The zero-order chi connectivity index (χ0) is 18.7. The maximum atomic E-state index is 12.8. The third-order valence-electron chi connectivity index (χ3n) is 4.31. The van der Waals surface area contributed by atoms with E-state index in [4.69, 9.17) is 5.73 Å². The minimum atomic E-state index is -4.42. The third kappa shape index (κ3) is 4.44. The fourth-order valence-electron chi connectivity index (χ4n) is 2.97. The lowest BCUT2D eigenvalue weighted by atomic mass is 10.1. The van der Waals surface area contributed by atoms with Gasteiger partial charge < -0.3 is 16.0 Å². The van der Waals surface area contributed by atoms with Crippen LogP contribution >= 0.6 is 0 Å². The highest BCUT2D eigenvalue weighted by Gasteiger charge is 2.32. The van der Waals surface area contributed by atoms with Gasteiger partial charge in [0, 0.05) is 31.0 Å². The average molecular weight is 364 g/mol. The van der Waals surface area contributed by atoms with Crippen molar-refractivity contribution < 1.29 is 18.0 Å². The second-order valence-electron chi connectivity index (χ2n) is 6.35. The van der Waals surface area contributed by atoms with E-state index in [1.807, 2.05) is 0 Å². The average Bonchev–Trinajstić information content (AvgIpc) is 3.05. The molecule has 2 heterocycles. The molecule has 0 aliphatic carbocycles. The first kappa shape index (κ1) is 18.0. The molecule has 1 saturated heterocycles. The third-order valence-corrected chi connectivity index (χ3v) is 4.31. The highest BCUT2D eigenvalue weighted by molar-refractivity contribution is 5.79. The fraction of sp³-hybridized carbons (Fsp3) is 0.333. The van der Waals surface area contributed by atoms with Crippen molar-refractivity contribution in [1.29, 1.82) is 0 Å². The molecule has 1 aromatic carbocycles. The zero-order valence-electron chi connectivity index (χ0n) is 14.0. The Hall–Kier alpha value is -2.77. The van der Waals surface area contributed by atoms with Crippen molar-refractivity contribution in [3.8, 4) is 0 Å². The number of halogens is 3. The normalized spacial score (nSPS) is 17.3. The molecule has 1 unspecified atom stereocenters. The van der Waals surface area contributed by atoms with Crippen LogP contribution in [0.2, 0.25) is 0 Å². The van der Waals surface area contributed by atoms with Crippen LogP contribution in [0.1, 0.15) is 17.5 Å². The number of carbonyl (C=O) groups is 1. The Morgan fingerprint density at radius 1 is 1.27 bits per heavy atom. The molecule has 26 heavy (non-hydrogen) atoms. The second-order valence-corrected chi connectivity index (χ2v) is 6.35. The number of nitrogens with two attached hydrogens (primary N) is 1. The molecule has 1 aliphatic rings. The number of pyridine rings is 1. The van der Waals surface area contributed by atoms with Gasteiger partial charge in [0.1, 0.15) is 0 Å². The molecule has 1 fully saturated rings. The number of nitrogen functional groups attached to an aromatic ring is 1. The standard InChI is InChI=1S/C18H19F3N4O/c19-18(20,21)13-8-16(10-23-9-13)25-6-5-15(11-25)24-17(26)7-12-1-3-14(22)4-2-12/h1-4,8-10,15H,5-7,11,22H2,(H,24,26). The summed E-state index contributed by atoms with van der Waals surface area (Å²) >= 11 is 0. The minimum absolute atomic E-state index is 0.106. The molecule has 8 heteroatoms. The Kier molecular flexibility index (Phi) is 5.01. The zero-order valence-corrected chi connectivity index (χ0v) is 14.0. The van der Waals surface area contributed by atoms with Crippen molar-refractivity contribution in [2.75, 3.05) is 23.7 Å². The molecule has 0 bridgehead atoms. The van der Waals surface area contributed by atoms with E-state index in [-0.39, 0.29) is 18.4 Å². The number of benzene rings is 1. The number of amides is 1. The monoisotopic (exact) mass is 364 g/mol. The van der Waals surface area contributed by atoms with Crippen LogP contribution < -0.4 is 16.0 Å². The summed E-state index contributed by atoms with van der Waals surface area (Å²) in [6, 6.07) is 8.05. The van der Waals surface area contributed by atoms with Crippen molar-refractivity contribution in [3.05, 3.63) is 53.9 Å². The van der Waals surface area contributed by atoms with E-state index in [9.17, 15) is 18.0 Å². The van der Waals surface area contributed by atoms with E-state index < -0.39 is 11.7 Å². The Labute approximate surface area is 149 Å². The van der Waals surface area contributed by atoms with E-state index in [1.54, 1.807) is 29.2 Å². The maximum absolute atomic E-state index is 12.8. The first-order chi connectivity index (χ1) is 12.3. The molecule has 3 N–H and O–H groups in total. The second kappa shape index (κ2) is 7.23. The summed E-state index contributed by atoms with van der Waals surface area (Å²) in [7, 11) is 0. The van der Waals surface area contributed by atoms with Crippen molar-refractivity contribution in [1.82, 2.24) is 10.3 Å². The van der Waals surface area contributed by atoms with Gasteiger partial charge in [-0.05, 0) is 30.2 Å². The molecule has 1 aliphatic heterocycles. The first-order valence-corrected chi connectivity index (χ1v) is 8.22. The molecule has 0 radical (unpaired) electrons. The van der Waals surface area contributed by atoms with Crippen LogP contribution in [0.25, 0.3) is 0 Å². The smallest absolute Gasteiger partial charge is 0.399 e. The number of hydrogen-bond donors (Lipinski definition) is 2. The lowest BCUT2D eigenvalue weighted by molar-refractivity contribution is -0.137. The molecule has 0 spiro atoms. The molecule has 0 saturated carbocycles. The van der Waals surface area contributed by atoms with Crippen LogP contribution in [0.3, 0.4) is 0 Å². The minimum Gasteiger partial charge on any atom is -0.399 e. The van der Waals surface area contributed by atoms with E-state index in [2.05, 4.69) is 10.3 Å². The Morgan fingerprint density at radius 3 is 2.69 bits per heavy atom. The highest BCUT2D eigenvalue weighted by atomic mass is 19.4. The van der Waals surface area contributed by atoms with Crippen LogP contribution in [0.4, 0.5) is 24.5 Å². The van der Waals surface area contributed by atoms with Gasteiger partial charge in [0.25, 0.3) is 0 Å². The maximum Gasteiger partial charge on any atom is 0.417 e. The Bertz CT molecular complexity index is 777. The van der Waals surface area contributed by atoms with Gasteiger partial charge in [-0.3, -0.25) is 9.78 Å². The first-order valence-electron chi connectivity index (χ1n) is 8.22. The van der Waals surface area contributed by atoms with Crippen molar-refractivity contribution >= 4 is 17.3 Å². The Balaban J connectivity index is 1.57. The van der Waals surface area contributed by atoms with Crippen molar-refractivity contribution in [2.24, 2.45) is 0 Å². The summed E-state index contributed by atoms with van der Waals surface area (Å²) in [5.41, 5.74) is 6.75. The van der Waals surface area contributed by atoms with Crippen LogP contribution in [-0.4, -0.2) is 30.0 Å². The van der Waals surface area contributed by atoms with Gasteiger partial charge in [-0.2, -0.15) is 13.2 Å². The number of alkyl halides is 3. The predicted molar refractivity (Wildman–Crippen MR) is 92.6 cm³/mol. The number of nitrogens with zero attached hydrogens (tertiary/aromatic N) is 2. The number of rotatable bonds is 4. The molecule has 3 rings (SSSR count). The highest BCUT2D eigenvalue weighted by Crippen LogP contribution is 2.31. The number of hydrogen-bond acceptors (Lipinski definition) is 4. The number of nitrogens with one attached hydrogen (secondary N) is 1. The number of carbonyl (C=O) groups excluding carboxylic acids is 1. The molecular formula is C18H19F3N4O. The number of aromatic nitrogens is 1. The van der Waals surface area contributed by atoms with Gasteiger partial charge in [0.2, 0.25) is 5.91 Å². The molecule has 1 amide bonds. The van der Waals surface area contributed by atoms with Gasteiger partial charge in [-0.25, -0.2) is 0 Å². The lowest BCUT2D eigenvalue weighted by Gasteiger charge is -2.20. The summed E-state index contributed by atoms with van der Waals surface area (Å²) in [4.78, 5) is 17.6. The largest absolute Gasteiger partial charge is 0.417 e. The van der Waals surface area contributed by atoms with Gasteiger partial charge in [0.15, 0.2) is 0 Å². The fourth-order valence-corrected chi connectivity index (χ4v) is 2.97. The summed E-state index contributed by atoms with van der Waals surface area (Å²) in [5, 5.41) is 2.93. The topological polar surface area (TPSA) is 71.2 Å². The molecule has 2 aromatic rings. The van der Waals surface area contributed by atoms with Gasteiger partial charge in [0.05, 0.1) is 23.9 Å². The molecular weight excluding hydrogens is 345 g/mol. The summed E-state index contributed by atoms with van der Waals surface area (Å²) in [6.07, 6.45) is -1.29. The van der Waals surface area contributed by atoms with E-state index in [0.717, 1.165) is 17.8 Å². The molecule has 1 atom stereocenters. The van der Waals surface area contributed by atoms with Crippen LogP contribution in [0.5, 0.6) is 0 Å². The summed E-state index contributed by atoms with van der Waals surface area (Å²) < 4.78 is 38.4. The van der Waals surface area contributed by atoms with Gasteiger partial charge in [-0.15, -0.1) is 0 Å². The van der Waals surface area contributed by atoms with Crippen LogP contribution in [0, 0.1) is 0 Å². The Morgan fingerprint density at radius 2 is 2.00 bits per heavy atom. The van der Waals surface area contributed by atoms with Gasteiger partial charge in [-0.1, -0.05) is 12.1 Å².